The van der Waals surface area contributed by atoms with Crippen LogP contribution in [0, 0.1) is 0 Å². The van der Waals surface area contributed by atoms with E-state index in [0.29, 0.717) is 12.3 Å². The number of alkyl carbamates (subject to hydrolysis) is 1. The van der Waals surface area contributed by atoms with Gasteiger partial charge in [-0.1, -0.05) is 0 Å². The minimum atomic E-state index is -0.334. The topological polar surface area (TPSA) is 58.6 Å². The van der Waals surface area contributed by atoms with E-state index >= 15 is 0 Å². The molecule has 1 aliphatic heterocycles. The quantitative estimate of drug-likeness (QED) is 0.585. The van der Waals surface area contributed by atoms with E-state index in [1.807, 2.05) is 0 Å². The van der Waals surface area contributed by atoms with Crippen LogP contribution in [0.3, 0.4) is 0 Å². The van der Waals surface area contributed by atoms with Crippen molar-refractivity contribution >= 4 is 17.9 Å². The zero-order valence-electron chi connectivity index (χ0n) is 6.08. The Hall–Kier alpha value is -0.420. The van der Waals surface area contributed by atoms with Crippen LogP contribution in [0.1, 0.15) is 0 Å². The molecule has 1 rings (SSSR count). The molecule has 11 heavy (non-hydrogen) atoms. The van der Waals surface area contributed by atoms with Gasteiger partial charge in [0.1, 0.15) is 6.10 Å². The van der Waals surface area contributed by atoms with Crippen molar-refractivity contribution in [2.45, 2.75) is 6.10 Å². The SMILES string of the molecule is O=C1NCC(CSCCO)O1. The van der Waals surface area contributed by atoms with Gasteiger partial charge >= 0.3 is 6.09 Å². The fourth-order valence-corrected chi connectivity index (χ4v) is 1.55. The van der Waals surface area contributed by atoms with Gasteiger partial charge in [0.15, 0.2) is 0 Å². The van der Waals surface area contributed by atoms with Gasteiger partial charge < -0.3 is 15.2 Å². The minimum absolute atomic E-state index is 0.0148. The zero-order chi connectivity index (χ0) is 8.10. The highest BCUT2D eigenvalue weighted by atomic mass is 32.2. The summed E-state index contributed by atoms with van der Waals surface area (Å²) in [6.45, 7) is 0.774. The highest BCUT2D eigenvalue weighted by Gasteiger charge is 2.21. The largest absolute Gasteiger partial charge is 0.443 e. The molecular weight excluding hydrogens is 166 g/mol. The first-order chi connectivity index (χ1) is 5.33. The van der Waals surface area contributed by atoms with Gasteiger partial charge in [0, 0.05) is 11.5 Å². The third-order valence-corrected chi connectivity index (χ3v) is 2.37. The molecule has 1 heterocycles. The molecule has 1 fully saturated rings. The van der Waals surface area contributed by atoms with Crippen LogP contribution in [0.2, 0.25) is 0 Å². The first kappa shape index (κ1) is 8.67. The summed E-state index contributed by atoms with van der Waals surface area (Å²) < 4.78 is 4.86. The third-order valence-electron chi connectivity index (χ3n) is 1.29. The number of carbonyl (C=O) groups is 1. The van der Waals surface area contributed by atoms with E-state index in [2.05, 4.69) is 5.32 Å². The number of hydrogen-bond donors (Lipinski definition) is 2. The van der Waals surface area contributed by atoms with Crippen LogP contribution < -0.4 is 5.32 Å². The van der Waals surface area contributed by atoms with Crippen molar-refractivity contribution in [1.29, 1.82) is 0 Å². The lowest BCUT2D eigenvalue weighted by Crippen LogP contribution is -2.17. The third kappa shape index (κ3) is 2.98. The van der Waals surface area contributed by atoms with Crippen molar-refractivity contribution < 1.29 is 14.6 Å². The molecule has 1 amide bonds. The van der Waals surface area contributed by atoms with Gasteiger partial charge in [-0.25, -0.2) is 4.79 Å². The summed E-state index contributed by atoms with van der Waals surface area (Å²) in [5, 5.41) is 11.0. The molecule has 1 aliphatic rings. The average molecular weight is 177 g/mol. The molecule has 1 saturated heterocycles. The number of thioether (sulfide) groups is 1. The molecular formula is C6H11NO3S. The summed E-state index contributed by atoms with van der Waals surface area (Å²) in [6.07, 6.45) is -0.348. The predicted octanol–water partition coefficient (Wildman–Crippen LogP) is -0.180. The molecule has 0 radical (unpaired) electrons. The van der Waals surface area contributed by atoms with E-state index in [4.69, 9.17) is 9.84 Å². The van der Waals surface area contributed by atoms with Crippen molar-refractivity contribution in [3.63, 3.8) is 0 Å². The van der Waals surface area contributed by atoms with Gasteiger partial charge in [-0.3, -0.25) is 0 Å². The Kier molecular flexibility index (Phi) is 3.51. The van der Waals surface area contributed by atoms with E-state index in [9.17, 15) is 4.79 Å². The summed E-state index contributed by atoms with van der Waals surface area (Å²) in [6, 6.07) is 0. The zero-order valence-corrected chi connectivity index (χ0v) is 6.89. The fraction of sp³-hybridized carbons (Fsp3) is 0.833. The van der Waals surface area contributed by atoms with Crippen molar-refractivity contribution in [2.24, 2.45) is 0 Å². The van der Waals surface area contributed by atoms with Gasteiger partial charge in [-0.05, 0) is 0 Å². The molecule has 0 bridgehead atoms. The summed E-state index contributed by atoms with van der Waals surface area (Å²) in [5.41, 5.74) is 0. The molecule has 5 heteroatoms. The summed E-state index contributed by atoms with van der Waals surface area (Å²) in [5.74, 6) is 1.47. The molecule has 2 N–H and O–H groups in total. The normalized spacial score (nSPS) is 23.0. The van der Waals surface area contributed by atoms with E-state index in [-0.39, 0.29) is 18.8 Å². The monoisotopic (exact) mass is 177 g/mol. The van der Waals surface area contributed by atoms with Crippen LogP contribution in [-0.4, -0.2) is 42.0 Å². The Morgan fingerprint density at radius 1 is 1.82 bits per heavy atom. The van der Waals surface area contributed by atoms with Crippen LogP contribution in [0.5, 0.6) is 0 Å². The van der Waals surface area contributed by atoms with Crippen molar-refractivity contribution in [1.82, 2.24) is 5.32 Å². The first-order valence-electron chi connectivity index (χ1n) is 3.46. The molecule has 0 aliphatic carbocycles. The second kappa shape index (κ2) is 4.46. The van der Waals surface area contributed by atoms with Gasteiger partial charge in [-0.15, -0.1) is 0 Å². The Balaban J connectivity index is 2.04. The molecule has 1 atom stereocenters. The number of nitrogens with one attached hydrogen (secondary N) is 1. The Morgan fingerprint density at radius 3 is 3.18 bits per heavy atom. The highest BCUT2D eigenvalue weighted by Crippen LogP contribution is 2.08. The van der Waals surface area contributed by atoms with Gasteiger partial charge in [0.05, 0.1) is 13.2 Å². The number of aliphatic hydroxyl groups is 1. The Labute approximate surface area is 69.3 Å². The van der Waals surface area contributed by atoms with Gasteiger partial charge in [0.25, 0.3) is 0 Å². The van der Waals surface area contributed by atoms with Gasteiger partial charge in [-0.2, -0.15) is 11.8 Å². The van der Waals surface area contributed by atoms with Crippen molar-refractivity contribution in [2.75, 3.05) is 24.7 Å². The van der Waals surface area contributed by atoms with Crippen molar-refractivity contribution in [3.8, 4) is 0 Å². The Bertz CT molecular complexity index is 142. The maximum Gasteiger partial charge on any atom is 0.407 e. The molecule has 0 aromatic rings. The first-order valence-corrected chi connectivity index (χ1v) is 4.61. The lowest BCUT2D eigenvalue weighted by molar-refractivity contribution is 0.150. The fourth-order valence-electron chi connectivity index (χ4n) is 0.804. The number of aliphatic hydroxyl groups excluding tert-OH is 1. The summed E-state index contributed by atoms with van der Waals surface area (Å²) >= 11 is 1.59. The summed E-state index contributed by atoms with van der Waals surface area (Å²) in [7, 11) is 0. The lowest BCUT2D eigenvalue weighted by atomic mass is 10.4. The number of hydrogen-bond acceptors (Lipinski definition) is 4. The van der Waals surface area contributed by atoms with E-state index in [0.717, 1.165) is 5.75 Å². The Morgan fingerprint density at radius 2 is 2.64 bits per heavy atom. The van der Waals surface area contributed by atoms with Crippen LogP contribution in [0.4, 0.5) is 4.79 Å². The number of cyclic esters (lactones) is 1. The second-order valence-electron chi connectivity index (χ2n) is 2.21. The molecule has 0 aromatic heterocycles. The highest BCUT2D eigenvalue weighted by molar-refractivity contribution is 7.99. The standard InChI is InChI=1S/C6H11NO3S/c8-1-2-11-4-5-3-7-6(9)10-5/h5,8H,1-4H2,(H,7,9). The maximum absolute atomic E-state index is 10.5. The van der Waals surface area contributed by atoms with E-state index < -0.39 is 0 Å². The van der Waals surface area contributed by atoms with Crippen LogP contribution in [-0.2, 0) is 4.74 Å². The number of carbonyl (C=O) groups excluding carboxylic acids is 1. The molecule has 64 valence electrons. The van der Waals surface area contributed by atoms with Crippen LogP contribution in [0.25, 0.3) is 0 Å². The smallest absolute Gasteiger partial charge is 0.407 e. The number of ether oxygens (including phenoxy) is 1. The molecule has 1 unspecified atom stereocenters. The van der Waals surface area contributed by atoms with Crippen molar-refractivity contribution in [3.05, 3.63) is 0 Å². The van der Waals surface area contributed by atoms with Crippen LogP contribution in [0.15, 0.2) is 0 Å². The maximum atomic E-state index is 10.5. The predicted molar refractivity (Wildman–Crippen MR) is 42.7 cm³/mol. The van der Waals surface area contributed by atoms with Gasteiger partial charge in [0.2, 0.25) is 0 Å². The number of rotatable bonds is 4. The molecule has 0 saturated carbocycles. The van der Waals surface area contributed by atoms with E-state index in [1.54, 1.807) is 11.8 Å². The second-order valence-corrected chi connectivity index (χ2v) is 3.36. The molecule has 4 nitrogen and oxygen atoms in total. The van der Waals surface area contributed by atoms with Crippen LogP contribution >= 0.6 is 11.8 Å². The van der Waals surface area contributed by atoms with E-state index in [1.165, 1.54) is 0 Å². The molecule has 0 aromatic carbocycles. The minimum Gasteiger partial charge on any atom is -0.443 e. The summed E-state index contributed by atoms with van der Waals surface area (Å²) in [4.78, 5) is 10.5. The average Bonchev–Trinajstić information content (AvgIpc) is 2.37. The number of amides is 1. The molecule has 0 spiro atoms. The lowest BCUT2D eigenvalue weighted by Gasteiger charge is -2.04.